The summed E-state index contributed by atoms with van der Waals surface area (Å²) in [5, 5.41) is 3.65. The number of likely N-dealkylation sites (tertiary alicyclic amines) is 1. The first-order valence-corrected chi connectivity index (χ1v) is 12.4. The van der Waals surface area contributed by atoms with Crippen LogP contribution in [0.15, 0.2) is 35.5 Å². The number of nitrogens with one attached hydrogen (secondary N) is 1. The second-order valence-electron chi connectivity index (χ2n) is 8.37. The minimum absolute atomic E-state index is 0.305. The molecule has 0 spiro atoms. The summed E-state index contributed by atoms with van der Waals surface area (Å²) in [4.78, 5) is 16.7. The number of fused-ring (bicyclic) bond motifs is 2. The average molecular weight is 470 g/mol. The number of nitrogens with zero attached hydrogens (tertiary/aromatic N) is 4. The lowest BCUT2D eigenvalue weighted by Gasteiger charge is -2.32. The summed E-state index contributed by atoms with van der Waals surface area (Å²) in [6.45, 7) is 4.29. The van der Waals surface area contributed by atoms with Crippen molar-refractivity contribution in [2.45, 2.75) is 36.7 Å². The largest absolute Gasteiger partial charge is 0.490 e. The SMILES string of the molecule is COc1ccc2ncc(F)c(CCN3CCC(NCc4cc5c(cn4)OCCS5)CC3)c2n1. The third kappa shape index (κ3) is 5.20. The summed E-state index contributed by atoms with van der Waals surface area (Å²) < 4.78 is 25.4. The smallest absolute Gasteiger partial charge is 0.213 e. The van der Waals surface area contributed by atoms with E-state index in [-0.39, 0.29) is 5.82 Å². The third-order valence-corrected chi connectivity index (χ3v) is 7.27. The van der Waals surface area contributed by atoms with Gasteiger partial charge in [-0.2, -0.15) is 0 Å². The first kappa shape index (κ1) is 22.3. The zero-order valence-electron chi connectivity index (χ0n) is 18.7. The van der Waals surface area contributed by atoms with Crippen molar-refractivity contribution in [3.63, 3.8) is 0 Å². The number of hydrogen-bond donors (Lipinski definition) is 1. The number of hydrogen-bond acceptors (Lipinski definition) is 8. The number of piperidine rings is 1. The topological polar surface area (TPSA) is 72.4 Å². The van der Waals surface area contributed by atoms with Crippen LogP contribution in [0.5, 0.6) is 11.6 Å². The van der Waals surface area contributed by atoms with Crippen LogP contribution < -0.4 is 14.8 Å². The van der Waals surface area contributed by atoms with Crippen LogP contribution in [0.4, 0.5) is 4.39 Å². The molecule has 5 heterocycles. The maximum atomic E-state index is 14.6. The molecule has 9 heteroatoms. The summed E-state index contributed by atoms with van der Waals surface area (Å²) in [7, 11) is 1.56. The predicted octanol–water partition coefficient (Wildman–Crippen LogP) is 3.45. The van der Waals surface area contributed by atoms with E-state index >= 15 is 0 Å². The second-order valence-corrected chi connectivity index (χ2v) is 9.51. The van der Waals surface area contributed by atoms with E-state index < -0.39 is 0 Å². The van der Waals surface area contributed by atoms with Crippen molar-refractivity contribution >= 4 is 22.8 Å². The first-order valence-electron chi connectivity index (χ1n) is 11.4. The normalized spacial score (nSPS) is 17.0. The molecule has 1 N–H and O–H groups in total. The molecule has 7 nitrogen and oxygen atoms in total. The number of pyridine rings is 3. The molecule has 1 fully saturated rings. The zero-order chi connectivity index (χ0) is 22.6. The van der Waals surface area contributed by atoms with Gasteiger partial charge >= 0.3 is 0 Å². The van der Waals surface area contributed by atoms with E-state index in [1.165, 1.54) is 11.1 Å². The highest BCUT2D eigenvalue weighted by atomic mass is 32.2. The Labute approximate surface area is 197 Å². The Morgan fingerprint density at radius 2 is 2.12 bits per heavy atom. The van der Waals surface area contributed by atoms with E-state index in [0.29, 0.717) is 34.9 Å². The predicted molar refractivity (Wildman–Crippen MR) is 127 cm³/mol. The lowest BCUT2D eigenvalue weighted by molar-refractivity contribution is 0.198. The number of thioether (sulfide) groups is 1. The van der Waals surface area contributed by atoms with Crippen molar-refractivity contribution in [2.75, 3.05) is 39.1 Å². The van der Waals surface area contributed by atoms with Gasteiger partial charge in [-0.1, -0.05) is 0 Å². The van der Waals surface area contributed by atoms with Gasteiger partial charge in [0, 0.05) is 36.5 Å². The second kappa shape index (κ2) is 10.2. The molecule has 0 aliphatic carbocycles. The van der Waals surface area contributed by atoms with Crippen LogP contribution in [-0.4, -0.2) is 65.0 Å². The minimum Gasteiger partial charge on any atom is -0.490 e. The fraction of sp³-hybridized carbons (Fsp3) is 0.458. The molecule has 0 bridgehead atoms. The summed E-state index contributed by atoms with van der Waals surface area (Å²) >= 11 is 1.83. The van der Waals surface area contributed by atoms with Gasteiger partial charge in [-0.25, -0.2) is 9.37 Å². The van der Waals surface area contributed by atoms with Gasteiger partial charge in [-0.3, -0.25) is 9.97 Å². The standard InChI is InChI=1S/C24H28FN5O2S/c1-31-23-3-2-20-24(29-23)18(19(25)14-28-20)6-9-30-7-4-16(5-8-30)26-13-17-12-22-21(15-27-17)32-10-11-33-22/h2-3,12,14-16,26H,4-11,13H2,1H3. The maximum Gasteiger partial charge on any atom is 0.213 e. The van der Waals surface area contributed by atoms with Crippen LogP contribution in [0.2, 0.25) is 0 Å². The zero-order valence-corrected chi connectivity index (χ0v) is 19.5. The van der Waals surface area contributed by atoms with E-state index in [4.69, 9.17) is 9.47 Å². The highest BCUT2D eigenvalue weighted by molar-refractivity contribution is 7.99. The van der Waals surface area contributed by atoms with Crippen LogP contribution in [-0.2, 0) is 13.0 Å². The molecule has 0 amide bonds. The Hall–Kier alpha value is -2.49. The molecule has 0 radical (unpaired) electrons. The Morgan fingerprint density at radius 3 is 2.97 bits per heavy atom. The molecule has 5 rings (SSSR count). The van der Waals surface area contributed by atoms with Crippen molar-refractivity contribution in [3.05, 3.63) is 47.7 Å². The molecule has 0 saturated carbocycles. The van der Waals surface area contributed by atoms with Crippen LogP contribution in [0.1, 0.15) is 24.1 Å². The van der Waals surface area contributed by atoms with Crippen LogP contribution in [0, 0.1) is 5.82 Å². The summed E-state index contributed by atoms with van der Waals surface area (Å²) in [6, 6.07) is 6.18. The van der Waals surface area contributed by atoms with Gasteiger partial charge in [0.1, 0.15) is 5.82 Å². The van der Waals surface area contributed by atoms with Gasteiger partial charge in [0.25, 0.3) is 0 Å². The molecule has 33 heavy (non-hydrogen) atoms. The number of rotatable bonds is 7. The maximum absolute atomic E-state index is 14.6. The molecule has 3 aromatic heterocycles. The Bertz CT molecular complexity index is 1120. The van der Waals surface area contributed by atoms with E-state index in [1.54, 1.807) is 13.2 Å². The van der Waals surface area contributed by atoms with E-state index in [1.807, 2.05) is 24.0 Å². The van der Waals surface area contributed by atoms with Crippen molar-refractivity contribution in [1.82, 2.24) is 25.2 Å². The summed E-state index contributed by atoms with van der Waals surface area (Å²) in [6.07, 6.45) is 5.86. The van der Waals surface area contributed by atoms with Crippen molar-refractivity contribution < 1.29 is 13.9 Å². The van der Waals surface area contributed by atoms with Gasteiger partial charge in [-0.15, -0.1) is 11.8 Å². The summed E-state index contributed by atoms with van der Waals surface area (Å²) in [5.74, 6) is 2.06. The van der Waals surface area contributed by atoms with Crippen molar-refractivity contribution in [2.24, 2.45) is 0 Å². The molecule has 2 aliphatic rings. The van der Waals surface area contributed by atoms with Crippen molar-refractivity contribution in [1.29, 1.82) is 0 Å². The molecular weight excluding hydrogens is 441 g/mol. The van der Waals surface area contributed by atoms with E-state index in [2.05, 4.69) is 31.2 Å². The molecular formula is C24H28FN5O2S. The van der Waals surface area contributed by atoms with Gasteiger partial charge in [0.15, 0.2) is 5.75 Å². The molecule has 3 aromatic rings. The highest BCUT2D eigenvalue weighted by Gasteiger charge is 2.20. The van der Waals surface area contributed by atoms with Crippen LogP contribution >= 0.6 is 11.8 Å². The van der Waals surface area contributed by atoms with Gasteiger partial charge in [0.05, 0.1) is 47.7 Å². The number of ether oxygens (including phenoxy) is 2. The lowest BCUT2D eigenvalue weighted by Crippen LogP contribution is -2.43. The monoisotopic (exact) mass is 469 g/mol. The highest BCUT2D eigenvalue weighted by Crippen LogP contribution is 2.32. The Balaban J connectivity index is 1.13. The number of halogens is 1. The van der Waals surface area contributed by atoms with E-state index in [0.717, 1.165) is 62.8 Å². The molecule has 0 atom stereocenters. The van der Waals surface area contributed by atoms with Crippen molar-refractivity contribution in [3.8, 4) is 11.6 Å². The molecule has 0 unspecified atom stereocenters. The number of methoxy groups -OCH3 is 1. The molecule has 174 valence electrons. The average Bonchev–Trinajstić information content (AvgIpc) is 2.87. The molecule has 0 aromatic carbocycles. The minimum atomic E-state index is -0.305. The molecule has 2 aliphatic heterocycles. The molecule has 1 saturated heterocycles. The first-order chi connectivity index (χ1) is 16.2. The van der Waals surface area contributed by atoms with Crippen LogP contribution in [0.3, 0.4) is 0 Å². The van der Waals surface area contributed by atoms with Crippen LogP contribution in [0.25, 0.3) is 11.0 Å². The van der Waals surface area contributed by atoms with Gasteiger partial charge in [-0.05, 0) is 44.5 Å². The Kier molecular flexibility index (Phi) is 6.89. The third-order valence-electron chi connectivity index (χ3n) is 6.27. The summed E-state index contributed by atoms with van der Waals surface area (Å²) in [5.41, 5.74) is 2.94. The van der Waals surface area contributed by atoms with Gasteiger partial charge in [0.2, 0.25) is 5.88 Å². The van der Waals surface area contributed by atoms with Gasteiger partial charge < -0.3 is 19.7 Å². The fourth-order valence-electron chi connectivity index (χ4n) is 4.39. The quantitative estimate of drug-likeness (QED) is 0.564. The van der Waals surface area contributed by atoms with E-state index in [9.17, 15) is 4.39 Å². The fourth-order valence-corrected chi connectivity index (χ4v) is 5.25. The lowest BCUT2D eigenvalue weighted by atomic mass is 10.0. The Morgan fingerprint density at radius 1 is 1.24 bits per heavy atom. The number of aromatic nitrogens is 3.